The molecular weight excluding hydrogens is 366 g/mol. The molecule has 0 aliphatic heterocycles. The van der Waals surface area contributed by atoms with Crippen molar-refractivity contribution in [3.05, 3.63) is 42.0 Å². The summed E-state index contributed by atoms with van der Waals surface area (Å²) in [6.45, 7) is 10.7. The van der Waals surface area contributed by atoms with Crippen LogP contribution in [-0.4, -0.2) is 17.3 Å². The van der Waals surface area contributed by atoms with E-state index in [9.17, 15) is 13.6 Å². The molecule has 0 heterocycles. The van der Waals surface area contributed by atoms with Gasteiger partial charge in [0.1, 0.15) is 28.6 Å². The second-order valence-electron chi connectivity index (χ2n) is 8.40. The molecule has 28 heavy (non-hydrogen) atoms. The quantitative estimate of drug-likeness (QED) is 0.654. The van der Waals surface area contributed by atoms with E-state index in [2.05, 4.69) is 5.32 Å². The summed E-state index contributed by atoms with van der Waals surface area (Å²) in [7, 11) is 0. The minimum absolute atomic E-state index is 0.00904. The van der Waals surface area contributed by atoms with Crippen molar-refractivity contribution < 1.29 is 23.0 Å². The SMILES string of the molecule is CC(C)(C)OC(=O)Nc1cc(OC(C)(C)C)c(-c2cc(F)ccc2F)cc1N. The third-order valence-electron chi connectivity index (χ3n) is 3.42. The molecule has 0 unspecified atom stereocenters. The van der Waals surface area contributed by atoms with Gasteiger partial charge in [-0.1, -0.05) is 0 Å². The first kappa shape index (κ1) is 21.5. The smallest absolute Gasteiger partial charge is 0.412 e. The molecule has 2 rings (SSSR count). The highest BCUT2D eigenvalue weighted by atomic mass is 19.1. The zero-order chi connectivity index (χ0) is 21.3. The van der Waals surface area contributed by atoms with Gasteiger partial charge >= 0.3 is 6.09 Å². The normalized spacial score (nSPS) is 11.9. The van der Waals surface area contributed by atoms with Gasteiger partial charge in [-0.3, -0.25) is 5.32 Å². The Morgan fingerprint density at radius 2 is 1.61 bits per heavy atom. The van der Waals surface area contributed by atoms with Crippen molar-refractivity contribution in [3.63, 3.8) is 0 Å². The van der Waals surface area contributed by atoms with E-state index in [1.165, 1.54) is 12.1 Å². The average molecular weight is 392 g/mol. The Hall–Kier alpha value is -2.83. The molecule has 0 spiro atoms. The molecule has 5 nitrogen and oxygen atoms in total. The summed E-state index contributed by atoms with van der Waals surface area (Å²) >= 11 is 0. The van der Waals surface area contributed by atoms with Gasteiger partial charge in [0.25, 0.3) is 0 Å². The van der Waals surface area contributed by atoms with E-state index in [0.717, 1.165) is 18.2 Å². The van der Waals surface area contributed by atoms with Crippen LogP contribution in [0.15, 0.2) is 30.3 Å². The number of hydrogen-bond donors (Lipinski definition) is 2. The molecular formula is C21H26F2N2O3. The highest BCUT2D eigenvalue weighted by Gasteiger charge is 2.22. The van der Waals surface area contributed by atoms with Gasteiger partial charge in [0.2, 0.25) is 0 Å². The number of anilines is 2. The highest BCUT2D eigenvalue weighted by molar-refractivity contribution is 5.92. The van der Waals surface area contributed by atoms with Crippen molar-refractivity contribution in [2.75, 3.05) is 11.1 Å². The first-order valence-corrected chi connectivity index (χ1v) is 8.83. The summed E-state index contributed by atoms with van der Waals surface area (Å²) in [6.07, 6.45) is -0.689. The lowest BCUT2D eigenvalue weighted by Crippen LogP contribution is -2.27. The van der Waals surface area contributed by atoms with Gasteiger partial charge < -0.3 is 15.2 Å². The van der Waals surface area contributed by atoms with Gasteiger partial charge in [0.15, 0.2) is 0 Å². The van der Waals surface area contributed by atoms with Gasteiger partial charge in [-0.15, -0.1) is 0 Å². The van der Waals surface area contributed by atoms with Crippen molar-refractivity contribution in [3.8, 4) is 16.9 Å². The molecule has 2 aromatic carbocycles. The van der Waals surface area contributed by atoms with E-state index in [1.54, 1.807) is 20.8 Å². The summed E-state index contributed by atoms with van der Waals surface area (Å²) in [4.78, 5) is 12.1. The number of nitrogens with two attached hydrogens (primary N) is 1. The lowest BCUT2D eigenvalue weighted by molar-refractivity contribution is 0.0636. The molecule has 0 bridgehead atoms. The molecule has 0 saturated heterocycles. The second kappa shape index (κ2) is 7.66. The molecule has 152 valence electrons. The summed E-state index contributed by atoms with van der Waals surface area (Å²) in [5.41, 5.74) is 5.42. The third kappa shape index (κ3) is 5.84. The number of hydrogen-bond acceptors (Lipinski definition) is 4. The van der Waals surface area contributed by atoms with E-state index >= 15 is 0 Å². The van der Waals surface area contributed by atoms with Crippen LogP contribution in [0.4, 0.5) is 25.0 Å². The van der Waals surface area contributed by atoms with Crippen molar-refractivity contribution >= 4 is 17.5 Å². The molecule has 7 heteroatoms. The largest absolute Gasteiger partial charge is 0.487 e. The maximum Gasteiger partial charge on any atom is 0.412 e. The van der Waals surface area contributed by atoms with Crippen LogP contribution in [0.1, 0.15) is 41.5 Å². The Labute approximate surface area is 163 Å². The number of nitrogens with one attached hydrogen (secondary N) is 1. The van der Waals surface area contributed by atoms with Crippen LogP contribution in [0, 0.1) is 11.6 Å². The number of ether oxygens (including phenoxy) is 2. The van der Waals surface area contributed by atoms with Crippen molar-refractivity contribution in [1.29, 1.82) is 0 Å². The van der Waals surface area contributed by atoms with Crippen LogP contribution in [0.3, 0.4) is 0 Å². The Balaban J connectivity index is 2.53. The minimum Gasteiger partial charge on any atom is -0.487 e. The lowest BCUT2D eigenvalue weighted by atomic mass is 10.0. The molecule has 0 aliphatic carbocycles. The van der Waals surface area contributed by atoms with Gasteiger partial charge in [-0.05, 0) is 65.8 Å². The Kier molecular flexibility index (Phi) is 5.87. The third-order valence-corrected chi connectivity index (χ3v) is 3.42. The fraction of sp³-hybridized carbons (Fsp3) is 0.381. The monoisotopic (exact) mass is 392 g/mol. The topological polar surface area (TPSA) is 73.6 Å². The number of rotatable bonds is 3. The molecule has 0 fully saturated rings. The molecule has 0 aliphatic rings. The Morgan fingerprint density at radius 3 is 2.18 bits per heavy atom. The van der Waals surface area contributed by atoms with Crippen LogP contribution in [-0.2, 0) is 4.74 Å². The molecule has 2 aromatic rings. The Bertz CT molecular complexity index is 884. The van der Waals surface area contributed by atoms with Gasteiger partial charge in [0, 0.05) is 17.2 Å². The molecule has 3 N–H and O–H groups in total. The van der Waals surface area contributed by atoms with Crippen molar-refractivity contribution in [1.82, 2.24) is 0 Å². The molecule has 1 amide bonds. The maximum atomic E-state index is 14.3. The zero-order valence-corrected chi connectivity index (χ0v) is 16.9. The van der Waals surface area contributed by atoms with Crippen LogP contribution in [0.25, 0.3) is 11.1 Å². The summed E-state index contributed by atoms with van der Waals surface area (Å²) < 4.78 is 39.2. The fourth-order valence-corrected chi connectivity index (χ4v) is 2.45. The molecule has 0 atom stereocenters. The number of carbonyl (C=O) groups excluding carboxylic acids is 1. The van der Waals surface area contributed by atoms with E-state index < -0.39 is 28.9 Å². The first-order chi connectivity index (χ1) is 12.7. The number of nitrogen functional groups attached to an aromatic ring is 1. The first-order valence-electron chi connectivity index (χ1n) is 8.83. The van der Waals surface area contributed by atoms with E-state index in [-0.39, 0.29) is 28.3 Å². The number of halogens is 2. The zero-order valence-electron chi connectivity index (χ0n) is 16.9. The maximum absolute atomic E-state index is 14.3. The lowest BCUT2D eigenvalue weighted by Gasteiger charge is -2.25. The van der Waals surface area contributed by atoms with Crippen molar-refractivity contribution in [2.45, 2.75) is 52.7 Å². The van der Waals surface area contributed by atoms with Crippen molar-refractivity contribution in [2.24, 2.45) is 0 Å². The number of amides is 1. The van der Waals surface area contributed by atoms with Crippen LogP contribution in [0.5, 0.6) is 5.75 Å². The number of benzene rings is 2. The molecule has 0 radical (unpaired) electrons. The highest BCUT2D eigenvalue weighted by Crippen LogP contribution is 2.39. The number of carbonyl (C=O) groups is 1. The van der Waals surface area contributed by atoms with E-state index in [4.69, 9.17) is 15.2 Å². The predicted octanol–water partition coefficient (Wildman–Crippen LogP) is 5.74. The second-order valence-corrected chi connectivity index (χ2v) is 8.40. The minimum atomic E-state index is -0.689. The summed E-state index contributed by atoms with van der Waals surface area (Å²) in [5, 5.41) is 2.56. The van der Waals surface area contributed by atoms with Gasteiger partial charge in [-0.2, -0.15) is 0 Å². The summed E-state index contributed by atoms with van der Waals surface area (Å²) in [5.74, 6) is -0.961. The Morgan fingerprint density at radius 1 is 0.964 bits per heavy atom. The van der Waals surface area contributed by atoms with Crippen LogP contribution < -0.4 is 15.8 Å². The average Bonchev–Trinajstić information content (AvgIpc) is 2.49. The van der Waals surface area contributed by atoms with Crippen LogP contribution in [0.2, 0.25) is 0 Å². The van der Waals surface area contributed by atoms with Crippen LogP contribution >= 0.6 is 0 Å². The fourth-order valence-electron chi connectivity index (χ4n) is 2.45. The van der Waals surface area contributed by atoms with Gasteiger partial charge in [-0.25, -0.2) is 13.6 Å². The van der Waals surface area contributed by atoms with Gasteiger partial charge in [0.05, 0.1) is 11.4 Å². The molecule has 0 saturated carbocycles. The molecule has 0 aromatic heterocycles. The van der Waals surface area contributed by atoms with E-state index in [1.807, 2.05) is 20.8 Å². The summed E-state index contributed by atoms with van der Waals surface area (Å²) in [6, 6.07) is 6.05. The predicted molar refractivity (Wildman–Crippen MR) is 106 cm³/mol. The standard InChI is InChI=1S/C21H26F2N2O3/c1-20(2,3)27-18-11-17(25-19(26)28-21(4,5)6)16(24)10-14(18)13-9-12(22)7-8-15(13)23/h7-11H,24H2,1-6H3,(H,25,26). The van der Waals surface area contributed by atoms with E-state index in [0.29, 0.717) is 0 Å².